The molecule has 0 radical (unpaired) electrons. The summed E-state index contributed by atoms with van der Waals surface area (Å²) in [5.74, 6) is 0.463. The van der Waals surface area contributed by atoms with Gasteiger partial charge in [0.05, 0.1) is 19.8 Å². The van der Waals surface area contributed by atoms with Crippen molar-refractivity contribution in [1.82, 2.24) is 4.90 Å². The predicted molar refractivity (Wildman–Crippen MR) is 93.0 cm³/mol. The van der Waals surface area contributed by atoms with Gasteiger partial charge in [-0.25, -0.2) is 0 Å². The van der Waals surface area contributed by atoms with Crippen molar-refractivity contribution in [2.45, 2.75) is 13.3 Å². The highest BCUT2D eigenvalue weighted by atomic mass is 16.5. The number of anilines is 2. The number of benzene rings is 1. The van der Waals surface area contributed by atoms with Gasteiger partial charge in [-0.05, 0) is 36.6 Å². The minimum Gasteiger partial charge on any atom is -0.378 e. The van der Waals surface area contributed by atoms with E-state index in [1.165, 1.54) is 4.90 Å². The predicted octanol–water partition coefficient (Wildman–Crippen LogP) is 1.58. The molecule has 1 saturated heterocycles. The number of ether oxygens (including phenoxy) is 1. The van der Waals surface area contributed by atoms with Crippen molar-refractivity contribution in [3.05, 3.63) is 24.3 Å². The summed E-state index contributed by atoms with van der Waals surface area (Å²) in [5.41, 5.74) is 1.88. The Hall–Kier alpha value is -2.08. The molecular formula is C18H25N3O3. The van der Waals surface area contributed by atoms with Crippen LogP contribution < -0.4 is 10.2 Å². The first-order chi connectivity index (χ1) is 11.5. The largest absolute Gasteiger partial charge is 0.378 e. The summed E-state index contributed by atoms with van der Waals surface area (Å²) in [7, 11) is 1.69. The summed E-state index contributed by atoms with van der Waals surface area (Å²) in [6.07, 6.45) is 0.938. The molecule has 1 saturated carbocycles. The van der Waals surface area contributed by atoms with Gasteiger partial charge < -0.3 is 19.9 Å². The highest BCUT2D eigenvalue weighted by Crippen LogP contribution is 2.38. The molecule has 3 rings (SSSR count). The molecule has 6 nitrogen and oxygen atoms in total. The lowest BCUT2D eigenvalue weighted by atomic mass is 10.2. The number of nitrogens with one attached hydrogen (secondary N) is 1. The van der Waals surface area contributed by atoms with E-state index in [4.69, 9.17) is 4.74 Å². The Bertz CT molecular complexity index is 596. The van der Waals surface area contributed by atoms with Crippen molar-refractivity contribution in [3.63, 3.8) is 0 Å². The van der Waals surface area contributed by atoms with Crippen LogP contribution in [0, 0.1) is 11.8 Å². The molecule has 2 atom stereocenters. The van der Waals surface area contributed by atoms with Crippen molar-refractivity contribution in [2.75, 3.05) is 50.1 Å². The molecule has 130 valence electrons. The van der Waals surface area contributed by atoms with Gasteiger partial charge in [0, 0.05) is 37.4 Å². The quantitative estimate of drug-likeness (QED) is 0.890. The molecule has 1 heterocycles. The van der Waals surface area contributed by atoms with Crippen LogP contribution in [0.4, 0.5) is 11.4 Å². The minimum atomic E-state index is -0.168. The van der Waals surface area contributed by atoms with Gasteiger partial charge in [0.1, 0.15) is 0 Å². The number of hydrogen-bond donors (Lipinski definition) is 1. The van der Waals surface area contributed by atoms with Crippen molar-refractivity contribution >= 4 is 23.2 Å². The number of morpholine rings is 1. The standard InChI is InChI=1S/C18H25N3O3/c1-13-11-16(13)18(23)20(2)12-17(22)19-14-3-5-15(6-4-14)21-7-9-24-10-8-21/h3-6,13,16H,7-12H2,1-2H3,(H,19,22)/t13-,16+/m1/s1. The molecule has 1 aromatic rings. The van der Waals surface area contributed by atoms with Crippen LogP contribution >= 0.6 is 0 Å². The number of carbonyl (C=O) groups excluding carboxylic acids is 2. The van der Waals surface area contributed by atoms with Crippen LogP contribution in [-0.4, -0.2) is 56.6 Å². The topological polar surface area (TPSA) is 61.9 Å². The second-order valence-electron chi connectivity index (χ2n) is 6.71. The van der Waals surface area contributed by atoms with E-state index in [1.807, 2.05) is 24.3 Å². The normalized spacial score (nSPS) is 22.8. The maximum absolute atomic E-state index is 12.1. The zero-order valence-corrected chi connectivity index (χ0v) is 14.3. The van der Waals surface area contributed by atoms with Gasteiger partial charge >= 0.3 is 0 Å². The number of rotatable bonds is 5. The van der Waals surface area contributed by atoms with Crippen LogP contribution in [0.5, 0.6) is 0 Å². The zero-order chi connectivity index (χ0) is 17.1. The summed E-state index contributed by atoms with van der Waals surface area (Å²) in [4.78, 5) is 27.9. The minimum absolute atomic E-state index is 0.0697. The molecule has 0 aromatic heterocycles. The number of carbonyl (C=O) groups is 2. The average molecular weight is 331 g/mol. The lowest BCUT2D eigenvalue weighted by Gasteiger charge is -2.28. The fourth-order valence-electron chi connectivity index (χ4n) is 3.02. The maximum Gasteiger partial charge on any atom is 0.243 e. The van der Waals surface area contributed by atoms with Gasteiger partial charge in [0.15, 0.2) is 0 Å². The fraction of sp³-hybridized carbons (Fsp3) is 0.556. The lowest BCUT2D eigenvalue weighted by Crippen LogP contribution is -2.36. The molecule has 1 aromatic carbocycles. The van der Waals surface area contributed by atoms with E-state index in [0.717, 1.165) is 44.1 Å². The Kier molecular flexibility index (Phi) is 5.04. The first-order valence-electron chi connectivity index (χ1n) is 8.52. The van der Waals surface area contributed by atoms with Crippen LogP contribution in [0.3, 0.4) is 0 Å². The van der Waals surface area contributed by atoms with Gasteiger partial charge in [-0.3, -0.25) is 9.59 Å². The van der Waals surface area contributed by atoms with E-state index in [0.29, 0.717) is 5.92 Å². The lowest BCUT2D eigenvalue weighted by molar-refractivity contribution is -0.134. The second-order valence-corrected chi connectivity index (χ2v) is 6.71. The Labute approximate surface area is 142 Å². The van der Waals surface area contributed by atoms with Gasteiger partial charge in [-0.15, -0.1) is 0 Å². The Morgan fingerprint density at radius 2 is 1.88 bits per heavy atom. The van der Waals surface area contributed by atoms with Crippen LogP contribution in [0.2, 0.25) is 0 Å². The zero-order valence-electron chi connectivity index (χ0n) is 14.3. The molecule has 24 heavy (non-hydrogen) atoms. The van der Waals surface area contributed by atoms with E-state index >= 15 is 0 Å². The molecule has 1 aliphatic heterocycles. The van der Waals surface area contributed by atoms with Gasteiger partial charge in [0.2, 0.25) is 11.8 Å². The summed E-state index contributed by atoms with van der Waals surface area (Å²) >= 11 is 0. The summed E-state index contributed by atoms with van der Waals surface area (Å²) in [5, 5.41) is 2.85. The smallest absolute Gasteiger partial charge is 0.243 e. The molecule has 2 aliphatic rings. The highest BCUT2D eigenvalue weighted by Gasteiger charge is 2.40. The summed E-state index contributed by atoms with van der Waals surface area (Å²) in [6, 6.07) is 7.80. The molecule has 1 N–H and O–H groups in total. The molecule has 6 heteroatoms. The molecule has 2 amide bonds. The van der Waals surface area contributed by atoms with E-state index in [9.17, 15) is 9.59 Å². The average Bonchev–Trinajstić information content (AvgIpc) is 3.32. The van der Waals surface area contributed by atoms with E-state index in [2.05, 4.69) is 17.1 Å². The van der Waals surface area contributed by atoms with Gasteiger partial charge in [-0.1, -0.05) is 6.92 Å². The van der Waals surface area contributed by atoms with Crippen LogP contribution in [0.1, 0.15) is 13.3 Å². The number of amides is 2. The Morgan fingerprint density at radius 3 is 2.46 bits per heavy atom. The monoisotopic (exact) mass is 331 g/mol. The first-order valence-corrected chi connectivity index (χ1v) is 8.52. The van der Waals surface area contributed by atoms with Gasteiger partial charge in [0.25, 0.3) is 0 Å². The molecule has 0 bridgehead atoms. The Morgan fingerprint density at radius 1 is 1.25 bits per heavy atom. The van der Waals surface area contributed by atoms with E-state index < -0.39 is 0 Å². The molecule has 0 spiro atoms. The second kappa shape index (κ2) is 7.21. The van der Waals surface area contributed by atoms with Crippen LogP contribution in [0.15, 0.2) is 24.3 Å². The number of hydrogen-bond acceptors (Lipinski definition) is 4. The molecule has 1 aliphatic carbocycles. The van der Waals surface area contributed by atoms with Crippen molar-refractivity contribution < 1.29 is 14.3 Å². The maximum atomic E-state index is 12.1. The van der Waals surface area contributed by atoms with Crippen LogP contribution in [0.25, 0.3) is 0 Å². The number of likely N-dealkylation sites (N-methyl/N-ethyl adjacent to an activating group) is 1. The summed E-state index contributed by atoms with van der Waals surface area (Å²) < 4.78 is 5.35. The third kappa shape index (κ3) is 4.06. The van der Waals surface area contributed by atoms with Crippen molar-refractivity contribution in [3.8, 4) is 0 Å². The third-order valence-corrected chi connectivity index (χ3v) is 4.71. The van der Waals surface area contributed by atoms with Crippen LogP contribution in [-0.2, 0) is 14.3 Å². The highest BCUT2D eigenvalue weighted by molar-refractivity contribution is 5.95. The third-order valence-electron chi connectivity index (χ3n) is 4.71. The molecular weight excluding hydrogens is 306 g/mol. The van der Waals surface area contributed by atoms with Crippen molar-refractivity contribution in [1.29, 1.82) is 0 Å². The first kappa shape index (κ1) is 16.8. The van der Waals surface area contributed by atoms with E-state index in [-0.39, 0.29) is 24.3 Å². The number of nitrogens with zero attached hydrogens (tertiary/aromatic N) is 2. The Balaban J connectivity index is 1.49. The SMILES string of the molecule is C[C@@H]1C[C@@H]1C(=O)N(C)CC(=O)Nc1ccc(N2CCOCC2)cc1. The van der Waals surface area contributed by atoms with Crippen molar-refractivity contribution in [2.24, 2.45) is 11.8 Å². The van der Waals surface area contributed by atoms with Gasteiger partial charge in [-0.2, -0.15) is 0 Å². The summed E-state index contributed by atoms with van der Waals surface area (Å²) in [6.45, 7) is 5.42. The molecule has 0 unspecified atom stereocenters. The molecule has 2 fully saturated rings. The van der Waals surface area contributed by atoms with E-state index in [1.54, 1.807) is 7.05 Å². The fourth-order valence-corrected chi connectivity index (χ4v) is 3.02.